The smallest absolute Gasteiger partial charge is 0.154 e. The van der Waals surface area contributed by atoms with Crippen LogP contribution < -0.4 is 10.6 Å². The van der Waals surface area contributed by atoms with E-state index in [1.807, 2.05) is 24.3 Å². The Kier molecular flexibility index (Phi) is 1.07. The van der Waals surface area contributed by atoms with Gasteiger partial charge in [0.05, 0.1) is 0 Å². The zero-order valence-electron chi connectivity index (χ0n) is 5.15. The Morgan fingerprint density at radius 3 is 3.00 bits per heavy atom. The molecule has 0 spiro atoms. The third-order valence-electron chi connectivity index (χ3n) is 1.29. The lowest BCUT2D eigenvalue weighted by Gasteiger charge is -1.97. The van der Waals surface area contributed by atoms with E-state index in [0.29, 0.717) is 0 Å². The first-order valence-electron chi connectivity index (χ1n) is 2.92. The molecule has 0 unspecified atom stereocenters. The van der Waals surface area contributed by atoms with E-state index >= 15 is 0 Å². The summed E-state index contributed by atoms with van der Waals surface area (Å²) >= 11 is 0. The van der Waals surface area contributed by atoms with Crippen molar-refractivity contribution in [3.8, 4) is 0 Å². The molecule has 0 atom stereocenters. The molecule has 0 saturated carbocycles. The van der Waals surface area contributed by atoms with Crippen LogP contribution in [0.3, 0.4) is 0 Å². The van der Waals surface area contributed by atoms with Gasteiger partial charge >= 0.3 is 0 Å². The Morgan fingerprint density at radius 1 is 1.20 bits per heavy atom. The van der Waals surface area contributed by atoms with Gasteiger partial charge in [0.2, 0.25) is 0 Å². The van der Waals surface area contributed by atoms with Crippen molar-refractivity contribution in [3.63, 3.8) is 0 Å². The van der Waals surface area contributed by atoms with Crippen molar-refractivity contribution < 1.29 is 9.88 Å². The number of rotatable bonds is 0. The van der Waals surface area contributed by atoms with Crippen LogP contribution in [0, 0.1) is 0 Å². The zero-order valence-corrected chi connectivity index (χ0v) is 5.15. The van der Waals surface area contributed by atoms with Gasteiger partial charge in [-0.1, -0.05) is 12.1 Å². The average molecular weight is 135 g/mol. The van der Waals surface area contributed by atoms with Gasteiger partial charge in [0, 0.05) is 5.22 Å². The van der Waals surface area contributed by atoms with Gasteiger partial charge in [-0.2, -0.15) is 4.99 Å². The maximum atomic E-state index is 4.50. The topological polar surface area (TPSA) is 30.8 Å². The van der Waals surface area contributed by atoms with Gasteiger partial charge < -0.3 is 0 Å². The predicted molar refractivity (Wildman–Crippen MR) is 33.9 cm³/mol. The van der Waals surface area contributed by atoms with Crippen molar-refractivity contribution in [2.24, 2.45) is 5.16 Å². The maximum Gasteiger partial charge on any atom is 0.154 e. The highest BCUT2D eigenvalue weighted by Gasteiger charge is 1.91. The fraction of sp³-hybridized carbons (Fsp3) is 0. The molecule has 0 aromatic heterocycles. The first kappa shape index (κ1) is 5.29. The van der Waals surface area contributed by atoms with E-state index in [4.69, 9.17) is 0 Å². The lowest BCUT2D eigenvalue weighted by Crippen LogP contribution is -2.27. The molecule has 1 aromatic carbocycles. The van der Waals surface area contributed by atoms with Crippen LogP contribution in [0.25, 0.3) is 6.26 Å². The van der Waals surface area contributed by atoms with Gasteiger partial charge in [-0.15, -0.1) is 0 Å². The molecule has 0 saturated heterocycles. The molecule has 50 valence electrons. The Labute approximate surface area is 57.1 Å². The largest absolute Gasteiger partial charge is 0.275 e. The van der Waals surface area contributed by atoms with Crippen molar-refractivity contribution in [1.29, 1.82) is 0 Å². The Morgan fingerprint density at radius 2 is 2.10 bits per heavy atom. The molecule has 3 nitrogen and oxygen atoms in total. The summed E-state index contributed by atoms with van der Waals surface area (Å²) in [6.07, 6.45) is 1.52. The number of fused-ring (bicyclic) bond motifs is 1. The highest BCUT2D eigenvalue weighted by Crippen LogP contribution is 1.83. The highest BCUT2D eigenvalue weighted by molar-refractivity contribution is 5.16. The minimum atomic E-state index is 0.800. The van der Waals surface area contributed by atoms with Crippen molar-refractivity contribution >= 4 is 6.26 Å². The second-order valence-corrected chi connectivity index (χ2v) is 1.94. The minimum Gasteiger partial charge on any atom is -0.275 e. The third kappa shape index (κ3) is 0.719. The molecule has 0 fully saturated rings. The molecule has 1 heterocycles. The van der Waals surface area contributed by atoms with Crippen LogP contribution in [-0.2, 0) is 9.88 Å². The summed E-state index contributed by atoms with van der Waals surface area (Å²) in [6, 6.07) is 7.57. The molecule has 0 aliphatic carbocycles. The van der Waals surface area contributed by atoms with Gasteiger partial charge in [0.25, 0.3) is 0 Å². The van der Waals surface area contributed by atoms with Crippen molar-refractivity contribution in [3.05, 3.63) is 34.8 Å². The van der Waals surface area contributed by atoms with E-state index in [1.165, 1.54) is 6.26 Å². The van der Waals surface area contributed by atoms with E-state index in [2.05, 4.69) is 15.0 Å². The molecular formula is C7H5NO2. The molecule has 2 rings (SSSR count). The molecule has 0 amide bonds. The summed E-state index contributed by atoms with van der Waals surface area (Å²) < 4.78 is 0. The second-order valence-electron chi connectivity index (χ2n) is 1.94. The van der Waals surface area contributed by atoms with Crippen LogP contribution in [0.15, 0.2) is 29.4 Å². The summed E-state index contributed by atoms with van der Waals surface area (Å²) in [5, 5.41) is 5.38. The summed E-state index contributed by atoms with van der Waals surface area (Å²) in [5.41, 5.74) is 0. The molecule has 3 heteroatoms. The first-order valence-corrected chi connectivity index (χ1v) is 2.92. The van der Waals surface area contributed by atoms with Gasteiger partial charge in [-0.25, -0.2) is 0 Å². The number of benzene rings is 1. The van der Waals surface area contributed by atoms with Crippen LogP contribution in [-0.4, -0.2) is 0 Å². The summed E-state index contributed by atoms with van der Waals surface area (Å²) in [6.45, 7) is 0. The SMILES string of the molecule is C1=c2ccccc2=NOO1. The molecular weight excluding hydrogens is 130 g/mol. The van der Waals surface area contributed by atoms with E-state index in [1.54, 1.807) is 0 Å². The molecule has 1 aliphatic heterocycles. The Bertz CT molecular complexity index is 310. The van der Waals surface area contributed by atoms with Crippen molar-refractivity contribution in [1.82, 2.24) is 0 Å². The molecule has 10 heavy (non-hydrogen) atoms. The van der Waals surface area contributed by atoms with E-state index in [9.17, 15) is 0 Å². The molecule has 1 aliphatic rings. The maximum absolute atomic E-state index is 4.50. The van der Waals surface area contributed by atoms with Crippen molar-refractivity contribution in [2.75, 3.05) is 0 Å². The van der Waals surface area contributed by atoms with Crippen LogP contribution in [0.2, 0.25) is 0 Å². The van der Waals surface area contributed by atoms with Gasteiger partial charge in [0.15, 0.2) is 6.26 Å². The number of hydrogen-bond acceptors (Lipinski definition) is 3. The molecule has 1 aromatic rings. The number of nitrogens with zero attached hydrogens (tertiary/aromatic N) is 1. The van der Waals surface area contributed by atoms with Gasteiger partial charge in [-0.3, -0.25) is 4.89 Å². The Hall–Kier alpha value is -1.51. The summed E-state index contributed by atoms with van der Waals surface area (Å²) in [4.78, 5) is 8.87. The fourth-order valence-electron chi connectivity index (χ4n) is 0.805. The van der Waals surface area contributed by atoms with Crippen molar-refractivity contribution in [2.45, 2.75) is 0 Å². The second kappa shape index (κ2) is 2.02. The van der Waals surface area contributed by atoms with Gasteiger partial charge in [0.1, 0.15) is 5.36 Å². The van der Waals surface area contributed by atoms with E-state index in [-0.39, 0.29) is 0 Å². The molecule has 0 radical (unpaired) electrons. The van der Waals surface area contributed by atoms with E-state index < -0.39 is 0 Å². The van der Waals surface area contributed by atoms with Crippen LogP contribution in [0.4, 0.5) is 0 Å². The van der Waals surface area contributed by atoms with Crippen LogP contribution in [0.5, 0.6) is 0 Å². The lowest BCUT2D eigenvalue weighted by atomic mass is 10.3. The number of hydrogen-bond donors (Lipinski definition) is 0. The van der Waals surface area contributed by atoms with Gasteiger partial charge in [-0.05, 0) is 17.3 Å². The van der Waals surface area contributed by atoms with Crippen LogP contribution in [0.1, 0.15) is 0 Å². The lowest BCUT2D eigenvalue weighted by molar-refractivity contribution is -0.237. The minimum absolute atomic E-state index is 0.800. The zero-order chi connectivity index (χ0) is 6.81. The third-order valence-corrected chi connectivity index (χ3v) is 1.29. The standard InChI is InChI=1S/C7H5NO2/c1-2-4-7-6(3-1)5-9-10-8-7/h1-5H. The highest BCUT2D eigenvalue weighted by atomic mass is 17.3. The normalized spacial score (nSPS) is 13.2. The average Bonchev–Trinajstić information content (AvgIpc) is 2.05. The van der Waals surface area contributed by atoms with E-state index in [0.717, 1.165) is 10.6 Å². The van der Waals surface area contributed by atoms with Crippen LogP contribution >= 0.6 is 0 Å². The quantitative estimate of drug-likeness (QED) is 0.466. The molecule has 0 bridgehead atoms. The fourth-order valence-corrected chi connectivity index (χ4v) is 0.805. The molecule has 0 N–H and O–H groups in total. The summed E-state index contributed by atoms with van der Waals surface area (Å²) in [7, 11) is 0. The predicted octanol–water partition coefficient (Wildman–Crippen LogP) is -0.0790. The summed E-state index contributed by atoms with van der Waals surface area (Å²) in [5.74, 6) is 0. The first-order chi connectivity index (χ1) is 4.97. The Balaban J connectivity index is 2.84. The monoisotopic (exact) mass is 135 g/mol.